The third-order valence-corrected chi connectivity index (χ3v) is 5.88. The summed E-state index contributed by atoms with van der Waals surface area (Å²) in [5.41, 5.74) is 1.14. The maximum Gasteiger partial charge on any atom is 0.343 e. The highest BCUT2D eigenvalue weighted by molar-refractivity contribution is 5.96. The lowest BCUT2D eigenvalue weighted by Gasteiger charge is -2.21. The highest BCUT2D eigenvalue weighted by atomic mass is 16.5. The van der Waals surface area contributed by atoms with Gasteiger partial charge in [-0.15, -0.1) is 0 Å². The fraction of sp³-hybridized carbons (Fsp3) is 0.731. The van der Waals surface area contributed by atoms with E-state index in [0.717, 1.165) is 76.2 Å². The Morgan fingerprint density at radius 3 is 1.68 bits per heavy atom. The van der Waals surface area contributed by atoms with Gasteiger partial charge in [-0.25, -0.2) is 4.79 Å². The number of ether oxygens (including phenoxy) is 1. The molecule has 1 rings (SSSR count). The van der Waals surface area contributed by atoms with Crippen molar-refractivity contribution in [2.75, 3.05) is 6.61 Å². The zero-order chi connectivity index (χ0) is 23.1. The maximum absolute atomic E-state index is 12.0. The van der Waals surface area contributed by atoms with Gasteiger partial charge in [-0.05, 0) is 32.1 Å². The predicted octanol–water partition coefficient (Wildman–Crippen LogP) is 7.39. The molecule has 0 bridgehead atoms. The zero-order valence-electron chi connectivity index (χ0n) is 20.0. The first-order valence-corrected chi connectivity index (χ1v) is 12.4. The Labute approximate surface area is 188 Å². The highest BCUT2D eigenvalue weighted by Gasteiger charge is 2.28. The van der Waals surface area contributed by atoms with Gasteiger partial charge in [-0.3, -0.25) is 0 Å². The van der Waals surface area contributed by atoms with Crippen LogP contribution in [0.2, 0.25) is 0 Å². The Morgan fingerprint density at radius 2 is 1.16 bits per heavy atom. The minimum Gasteiger partial charge on any atom is -0.504 e. The lowest BCUT2D eigenvalue weighted by Crippen LogP contribution is -2.11. The second-order valence-electron chi connectivity index (χ2n) is 8.55. The molecule has 0 atom stereocenters. The van der Waals surface area contributed by atoms with Gasteiger partial charge < -0.3 is 20.1 Å². The standard InChI is InChI=1S/C26H44O5/c1-4-7-10-13-16-19-31-25-21(18-15-12-9-6-3)20(17-14-11-8-5-2)23(27)24(28)22(25)26(29)30/h27-28H,4-19H2,1-3H3,(H,29,30). The average molecular weight is 437 g/mol. The minimum absolute atomic E-state index is 0.264. The van der Waals surface area contributed by atoms with Crippen LogP contribution in [0.5, 0.6) is 17.2 Å². The molecule has 0 aliphatic carbocycles. The number of unbranched alkanes of at least 4 members (excludes halogenated alkanes) is 10. The van der Waals surface area contributed by atoms with Gasteiger partial charge in [0, 0.05) is 11.1 Å². The maximum atomic E-state index is 12.0. The molecular formula is C26H44O5. The first-order valence-electron chi connectivity index (χ1n) is 12.4. The average Bonchev–Trinajstić information content (AvgIpc) is 2.75. The Bertz CT molecular complexity index is 654. The van der Waals surface area contributed by atoms with Gasteiger partial charge in [0.15, 0.2) is 11.5 Å². The number of carbonyl (C=O) groups is 1. The minimum atomic E-state index is -1.26. The normalized spacial score (nSPS) is 11.1. The molecule has 0 aromatic heterocycles. The molecule has 0 unspecified atom stereocenters. The van der Waals surface area contributed by atoms with Crippen molar-refractivity contribution in [1.29, 1.82) is 0 Å². The Kier molecular flexibility index (Phi) is 13.8. The van der Waals surface area contributed by atoms with Crippen LogP contribution < -0.4 is 4.74 Å². The van der Waals surface area contributed by atoms with Crippen LogP contribution in [0.25, 0.3) is 0 Å². The molecule has 178 valence electrons. The zero-order valence-corrected chi connectivity index (χ0v) is 20.0. The van der Waals surface area contributed by atoms with Crippen LogP contribution in [0.1, 0.15) is 126 Å². The molecule has 1 aromatic carbocycles. The number of carboxylic acid groups (broad SMARTS) is 1. The van der Waals surface area contributed by atoms with Crippen LogP contribution in [-0.4, -0.2) is 27.9 Å². The quantitative estimate of drug-likeness (QED) is 0.165. The monoisotopic (exact) mass is 436 g/mol. The van der Waals surface area contributed by atoms with E-state index in [1.807, 2.05) is 0 Å². The lowest BCUT2D eigenvalue weighted by atomic mass is 9.91. The SMILES string of the molecule is CCCCCCCOc1c(CCCCCC)c(CCCCCC)c(O)c(O)c1C(=O)O. The van der Waals surface area contributed by atoms with E-state index in [1.54, 1.807) is 0 Å². The summed E-state index contributed by atoms with van der Waals surface area (Å²) in [7, 11) is 0. The number of benzene rings is 1. The first-order chi connectivity index (χ1) is 15.0. The van der Waals surface area contributed by atoms with Crippen molar-refractivity contribution in [3.63, 3.8) is 0 Å². The van der Waals surface area contributed by atoms with Gasteiger partial charge >= 0.3 is 5.97 Å². The van der Waals surface area contributed by atoms with E-state index >= 15 is 0 Å². The number of aromatic carboxylic acids is 1. The molecule has 1 aromatic rings. The molecule has 0 spiro atoms. The molecule has 31 heavy (non-hydrogen) atoms. The summed E-state index contributed by atoms with van der Waals surface area (Å²) in [4.78, 5) is 12.0. The van der Waals surface area contributed by atoms with E-state index in [4.69, 9.17) is 4.74 Å². The molecule has 5 heteroatoms. The second-order valence-corrected chi connectivity index (χ2v) is 8.55. The van der Waals surface area contributed by atoms with Gasteiger partial charge in [0.05, 0.1) is 6.61 Å². The summed E-state index contributed by atoms with van der Waals surface area (Å²) in [6, 6.07) is 0. The first kappa shape index (κ1) is 27.1. The molecule has 0 saturated carbocycles. The summed E-state index contributed by atoms with van der Waals surface area (Å²) in [6.07, 6.45) is 15.0. The van der Waals surface area contributed by atoms with Gasteiger partial charge in [-0.2, -0.15) is 0 Å². The molecule has 0 radical (unpaired) electrons. The molecule has 0 heterocycles. The summed E-state index contributed by atoms with van der Waals surface area (Å²) >= 11 is 0. The van der Waals surface area contributed by atoms with E-state index in [-0.39, 0.29) is 17.1 Å². The van der Waals surface area contributed by atoms with Crippen molar-refractivity contribution < 1.29 is 24.9 Å². The van der Waals surface area contributed by atoms with Gasteiger partial charge in [0.25, 0.3) is 0 Å². The van der Waals surface area contributed by atoms with Crippen LogP contribution in [0.15, 0.2) is 0 Å². The van der Waals surface area contributed by atoms with Gasteiger partial charge in [0.2, 0.25) is 0 Å². The van der Waals surface area contributed by atoms with E-state index in [1.165, 1.54) is 12.8 Å². The van der Waals surface area contributed by atoms with E-state index in [0.29, 0.717) is 25.0 Å². The van der Waals surface area contributed by atoms with E-state index in [9.17, 15) is 20.1 Å². The van der Waals surface area contributed by atoms with Crippen LogP contribution in [0.3, 0.4) is 0 Å². The van der Waals surface area contributed by atoms with Crippen molar-refractivity contribution in [2.45, 2.75) is 117 Å². The smallest absolute Gasteiger partial charge is 0.343 e. The Hall–Kier alpha value is -1.91. The molecule has 0 amide bonds. The fourth-order valence-corrected chi connectivity index (χ4v) is 4.03. The molecule has 3 N–H and O–H groups in total. The number of hydrogen-bond donors (Lipinski definition) is 3. The number of phenolic OH excluding ortho intramolecular Hbond substituents is 1. The van der Waals surface area contributed by atoms with Gasteiger partial charge in [0.1, 0.15) is 11.3 Å². The highest BCUT2D eigenvalue weighted by Crippen LogP contribution is 2.44. The molecule has 5 nitrogen and oxygen atoms in total. The third kappa shape index (κ3) is 9.00. The largest absolute Gasteiger partial charge is 0.504 e. The summed E-state index contributed by atoms with van der Waals surface area (Å²) in [5, 5.41) is 31.0. The number of carboxylic acids is 1. The molecule has 0 saturated heterocycles. The van der Waals surface area contributed by atoms with Crippen LogP contribution in [0.4, 0.5) is 0 Å². The van der Waals surface area contributed by atoms with Crippen molar-refractivity contribution in [1.82, 2.24) is 0 Å². The second kappa shape index (κ2) is 15.8. The topological polar surface area (TPSA) is 87.0 Å². The van der Waals surface area contributed by atoms with Crippen LogP contribution in [-0.2, 0) is 12.8 Å². The number of rotatable bonds is 18. The Morgan fingerprint density at radius 1 is 0.677 bits per heavy atom. The van der Waals surface area contributed by atoms with Crippen molar-refractivity contribution in [3.8, 4) is 17.2 Å². The fourth-order valence-electron chi connectivity index (χ4n) is 4.03. The summed E-state index contributed by atoms with van der Waals surface area (Å²) < 4.78 is 6.02. The number of hydrogen-bond acceptors (Lipinski definition) is 4. The third-order valence-electron chi connectivity index (χ3n) is 5.88. The van der Waals surface area contributed by atoms with Crippen molar-refractivity contribution in [3.05, 3.63) is 16.7 Å². The molecule has 0 aliphatic rings. The summed E-state index contributed by atoms with van der Waals surface area (Å²) in [5.74, 6) is -1.84. The van der Waals surface area contributed by atoms with Crippen LogP contribution >= 0.6 is 0 Å². The number of aromatic hydroxyl groups is 2. The van der Waals surface area contributed by atoms with Gasteiger partial charge in [-0.1, -0.05) is 85.0 Å². The molecule has 0 aliphatic heterocycles. The Balaban J connectivity index is 3.20. The lowest BCUT2D eigenvalue weighted by molar-refractivity contribution is 0.0687. The van der Waals surface area contributed by atoms with Crippen molar-refractivity contribution in [2.24, 2.45) is 0 Å². The number of phenols is 2. The van der Waals surface area contributed by atoms with E-state index < -0.39 is 11.7 Å². The molecule has 0 fully saturated rings. The van der Waals surface area contributed by atoms with Crippen molar-refractivity contribution >= 4 is 5.97 Å². The predicted molar refractivity (Wildman–Crippen MR) is 127 cm³/mol. The van der Waals surface area contributed by atoms with Crippen LogP contribution in [0, 0.1) is 0 Å². The van der Waals surface area contributed by atoms with E-state index in [2.05, 4.69) is 20.8 Å². The summed E-state index contributed by atoms with van der Waals surface area (Å²) in [6.45, 7) is 6.89. The molecular weight excluding hydrogens is 392 g/mol.